The van der Waals surface area contributed by atoms with E-state index in [4.69, 9.17) is 5.14 Å². The SMILES string of the molecule is NS(=O)(=O)c1ccc(-n2nc(C(F)(F)F)cc2-c2ccc(-c3csc(I)n3)cc2)cc1. The van der Waals surface area contributed by atoms with Gasteiger partial charge in [-0.2, -0.15) is 18.3 Å². The fourth-order valence-corrected chi connectivity index (χ4v) is 4.60. The van der Waals surface area contributed by atoms with Crippen LogP contribution in [0.15, 0.2) is 64.9 Å². The second kappa shape index (κ2) is 8.00. The van der Waals surface area contributed by atoms with Gasteiger partial charge in [0, 0.05) is 16.5 Å². The lowest BCUT2D eigenvalue weighted by molar-refractivity contribution is -0.141. The molecular formula is C19H12F3IN4O2S2. The highest BCUT2D eigenvalue weighted by Crippen LogP contribution is 2.34. The zero-order valence-electron chi connectivity index (χ0n) is 15.3. The van der Waals surface area contributed by atoms with Gasteiger partial charge in [0.2, 0.25) is 10.0 Å². The number of nitrogens with two attached hydrogens (primary N) is 1. The van der Waals surface area contributed by atoms with Crippen molar-refractivity contribution >= 4 is 44.0 Å². The van der Waals surface area contributed by atoms with Gasteiger partial charge >= 0.3 is 6.18 Å². The number of hydrogen-bond acceptors (Lipinski definition) is 5. The number of primary sulfonamides is 1. The fraction of sp³-hybridized carbons (Fsp3) is 0.0526. The summed E-state index contributed by atoms with van der Waals surface area (Å²) in [6.07, 6.45) is -4.64. The first-order valence-electron chi connectivity index (χ1n) is 8.55. The Kier molecular flexibility index (Phi) is 5.66. The topological polar surface area (TPSA) is 90.9 Å². The Hall–Kier alpha value is -2.29. The van der Waals surface area contributed by atoms with Crippen molar-refractivity contribution < 1.29 is 21.6 Å². The van der Waals surface area contributed by atoms with Crippen LogP contribution >= 0.6 is 33.9 Å². The van der Waals surface area contributed by atoms with E-state index in [1.807, 2.05) is 5.38 Å². The van der Waals surface area contributed by atoms with Crippen molar-refractivity contribution in [3.05, 3.63) is 68.7 Å². The maximum Gasteiger partial charge on any atom is 0.435 e. The molecule has 4 aromatic rings. The second-order valence-electron chi connectivity index (χ2n) is 6.43. The van der Waals surface area contributed by atoms with Gasteiger partial charge in [-0.1, -0.05) is 24.3 Å². The van der Waals surface area contributed by atoms with E-state index < -0.39 is 21.9 Å². The third-order valence-electron chi connectivity index (χ3n) is 4.36. The smallest absolute Gasteiger partial charge is 0.233 e. The molecular weight excluding hydrogens is 564 g/mol. The molecule has 0 aliphatic carbocycles. The normalized spacial score (nSPS) is 12.3. The molecule has 2 aromatic carbocycles. The standard InChI is InChI=1S/C19H12F3IN4O2S2/c20-19(21,22)17-9-16(12-3-1-11(2-4-12)15-10-30-18(23)25-15)27(26-17)13-5-7-14(8-6-13)31(24,28)29/h1-10H,(H2,24,28,29). The number of rotatable bonds is 4. The van der Waals surface area contributed by atoms with Crippen LogP contribution in [0.1, 0.15) is 5.69 Å². The summed E-state index contributed by atoms with van der Waals surface area (Å²) >= 11 is 3.61. The first-order chi connectivity index (χ1) is 14.5. The third-order valence-corrected chi connectivity index (χ3v) is 6.92. The molecule has 0 amide bonds. The van der Waals surface area contributed by atoms with Crippen molar-refractivity contribution in [2.45, 2.75) is 11.1 Å². The minimum Gasteiger partial charge on any atom is -0.233 e. The quantitative estimate of drug-likeness (QED) is 0.349. The number of sulfonamides is 1. The van der Waals surface area contributed by atoms with E-state index in [-0.39, 0.29) is 16.3 Å². The number of halogens is 4. The number of benzene rings is 2. The summed E-state index contributed by atoms with van der Waals surface area (Å²) < 4.78 is 64.9. The summed E-state index contributed by atoms with van der Waals surface area (Å²) in [6, 6.07) is 13.0. The summed E-state index contributed by atoms with van der Waals surface area (Å²) in [5, 5.41) is 10.7. The number of aromatic nitrogens is 3. The van der Waals surface area contributed by atoms with Crippen LogP contribution in [-0.2, 0) is 16.2 Å². The third kappa shape index (κ3) is 4.66. The molecule has 0 fully saturated rings. The summed E-state index contributed by atoms with van der Waals surface area (Å²) in [7, 11) is -3.93. The maximum atomic E-state index is 13.3. The van der Waals surface area contributed by atoms with Crippen LogP contribution in [0.5, 0.6) is 0 Å². The molecule has 2 heterocycles. The molecule has 0 spiro atoms. The highest BCUT2D eigenvalue weighted by molar-refractivity contribution is 14.1. The molecule has 0 atom stereocenters. The molecule has 160 valence electrons. The van der Waals surface area contributed by atoms with Crippen LogP contribution in [0.2, 0.25) is 0 Å². The Labute approximate surface area is 192 Å². The highest BCUT2D eigenvalue weighted by atomic mass is 127. The van der Waals surface area contributed by atoms with Crippen molar-refractivity contribution in [2.75, 3.05) is 0 Å². The van der Waals surface area contributed by atoms with Gasteiger partial charge in [0.15, 0.2) is 8.71 Å². The Bertz CT molecular complexity index is 1350. The van der Waals surface area contributed by atoms with Gasteiger partial charge in [-0.15, -0.1) is 11.3 Å². The van der Waals surface area contributed by atoms with Gasteiger partial charge in [0.05, 0.1) is 22.0 Å². The Morgan fingerprint density at radius 2 is 1.61 bits per heavy atom. The summed E-state index contributed by atoms with van der Waals surface area (Å²) in [4.78, 5) is 4.24. The van der Waals surface area contributed by atoms with Crippen molar-refractivity contribution in [2.24, 2.45) is 5.14 Å². The van der Waals surface area contributed by atoms with E-state index in [1.54, 1.807) is 24.3 Å². The van der Waals surface area contributed by atoms with Crippen LogP contribution in [0.3, 0.4) is 0 Å². The average Bonchev–Trinajstić information content (AvgIpc) is 3.34. The lowest BCUT2D eigenvalue weighted by Crippen LogP contribution is -2.12. The zero-order chi connectivity index (χ0) is 22.4. The minimum absolute atomic E-state index is 0.150. The largest absolute Gasteiger partial charge is 0.435 e. The summed E-state index contributed by atoms with van der Waals surface area (Å²) in [5.74, 6) is 0. The Morgan fingerprint density at radius 1 is 1.00 bits per heavy atom. The van der Waals surface area contributed by atoms with Crippen LogP contribution in [0.4, 0.5) is 13.2 Å². The molecule has 0 radical (unpaired) electrons. The highest BCUT2D eigenvalue weighted by Gasteiger charge is 2.35. The van der Waals surface area contributed by atoms with Gasteiger partial charge < -0.3 is 0 Å². The zero-order valence-corrected chi connectivity index (χ0v) is 19.1. The molecule has 0 saturated carbocycles. The monoisotopic (exact) mass is 576 g/mol. The van der Waals surface area contributed by atoms with E-state index in [0.29, 0.717) is 5.56 Å². The maximum absolute atomic E-state index is 13.3. The number of hydrogen-bond donors (Lipinski definition) is 1. The molecule has 0 bridgehead atoms. The molecule has 2 N–H and O–H groups in total. The van der Waals surface area contributed by atoms with Gasteiger partial charge in [-0.25, -0.2) is 23.2 Å². The van der Waals surface area contributed by atoms with Gasteiger partial charge in [-0.3, -0.25) is 0 Å². The van der Waals surface area contributed by atoms with Gasteiger partial charge in [0.25, 0.3) is 0 Å². The van der Waals surface area contributed by atoms with E-state index in [0.717, 1.165) is 25.0 Å². The molecule has 0 aliphatic heterocycles. The molecule has 12 heteroatoms. The van der Waals surface area contributed by atoms with Crippen LogP contribution in [0.25, 0.3) is 28.2 Å². The summed E-state index contributed by atoms with van der Waals surface area (Å²) in [6.45, 7) is 0. The van der Waals surface area contributed by atoms with Crippen molar-refractivity contribution in [1.29, 1.82) is 0 Å². The number of alkyl halides is 3. The van der Waals surface area contributed by atoms with Crippen molar-refractivity contribution in [3.8, 4) is 28.2 Å². The van der Waals surface area contributed by atoms with E-state index >= 15 is 0 Å². The predicted molar refractivity (Wildman–Crippen MR) is 119 cm³/mol. The first-order valence-corrected chi connectivity index (χ1v) is 12.1. The lowest BCUT2D eigenvalue weighted by atomic mass is 10.1. The van der Waals surface area contributed by atoms with Crippen LogP contribution in [-0.4, -0.2) is 23.2 Å². The molecule has 0 saturated heterocycles. The van der Waals surface area contributed by atoms with Crippen molar-refractivity contribution in [1.82, 2.24) is 14.8 Å². The molecule has 0 unspecified atom stereocenters. The molecule has 2 aromatic heterocycles. The molecule has 31 heavy (non-hydrogen) atoms. The predicted octanol–water partition coefficient (Wildman–Crippen LogP) is 4.93. The Morgan fingerprint density at radius 3 is 2.13 bits per heavy atom. The van der Waals surface area contributed by atoms with Gasteiger partial charge in [0.1, 0.15) is 0 Å². The van der Waals surface area contributed by atoms with Crippen molar-refractivity contribution in [3.63, 3.8) is 0 Å². The average molecular weight is 576 g/mol. The van der Waals surface area contributed by atoms with Gasteiger partial charge in [-0.05, 0) is 52.9 Å². The number of nitrogens with zero attached hydrogens (tertiary/aromatic N) is 3. The first kappa shape index (κ1) is 21.9. The fourth-order valence-electron chi connectivity index (χ4n) is 2.90. The minimum atomic E-state index is -4.64. The second-order valence-corrected chi connectivity index (χ2v) is 10.6. The molecule has 6 nitrogen and oxygen atoms in total. The lowest BCUT2D eigenvalue weighted by Gasteiger charge is -2.09. The number of thiazole rings is 1. The van der Waals surface area contributed by atoms with E-state index in [2.05, 4.69) is 32.7 Å². The summed E-state index contributed by atoms with van der Waals surface area (Å²) in [5.41, 5.74) is 1.53. The van der Waals surface area contributed by atoms with Crippen LogP contribution in [0, 0.1) is 3.01 Å². The molecule has 0 aliphatic rings. The van der Waals surface area contributed by atoms with E-state index in [9.17, 15) is 21.6 Å². The van der Waals surface area contributed by atoms with Crippen LogP contribution < -0.4 is 5.14 Å². The van der Waals surface area contributed by atoms with E-state index in [1.165, 1.54) is 35.6 Å². The Balaban J connectivity index is 1.79. The molecule has 4 rings (SSSR count).